The molecule has 4 heteroatoms. The van der Waals surface area contributed by atoms with E-state index in [-0.39, 0.29) is 5.97 Å². The van der Waals surface area contributed by atoms with Crippen LogP contribution >= 0.6 is 23.4 Å². The van der Waals surface area contributed by atoms with Gasteiger partial charge in [-0.25, -0.2) is 4.79 Å². The van der Waals surface area contributed by atoms with Gasteiger partial charge in [0.1, 0.15) is 4.88 Å². The third-order valence-electron chi connectivity index (χ3n) is 1.68. The highest BCUT2D eigenvalue weighted by Gasteiger charge is 2.08. The number of benzene rings is 1. The van der Waals surface area contributed by atoms with Crippen molar-refractivity contribution in [1.82, 2.24) is 0 Å². The van der Waals surface area contributed by atoms with Crippen LogP contribution in [0.3, 0.4) is 0 Å². The van der Waals surface area contributed by atoms with Crippen LogP contribution in [0.15, 0.2) is 52.7 Å². The summed E-state index contributed by atoms with van der Waals surface area (Å²) in [5.41, 5.74) is 0. The van der Waals surface area contributed by atoms with Gasteiger partial charge in [0.25, 0.3) is 0 Å². The van der Waals surface area contributed by atoms with Crippen LogP contribution in [0.5, 0.6) is 0 Å². The largest absolute Gasteiger partial charge is 0.382 e. The van der Waals surface area contributed by atoms with Crippen molar-refractivity contribution in [3.63, 3.8) is 0 Å². The Labute approximate surface area is 96.1 Å². The summed E-state index contributed by atoms with van der Waals surface area (Å²) in [6.07, 6.45) is 0. The van der Waals surface area contributed by atoms with Gasteiger partial charge in [0.2, 0.25) is 0 Å². The minimum absolute atomic E-state index is 0.293. The number of thiophene rings is 1. The van der Waals surface area contributed by atoms with Crippen molar-refractivity contribution >= 4 is 29.3 Å². The molecule has 15 heavy (non-hydrogen) atoms. The van der Waals surface area contributed by atoms with Gasteiger partial charge in [-0.3, -0.25) is 0 Å². The first-order chi connectivity index (χ1) is 7.36. The third-order valence-corrected chi connectivity index (χ3v) is 3.23. The Morgan fingerprint density at radius 3 is 2.60 bits per heavy atom. The molecular formula is C11H8O2S2. The topological polar surface area (TPSA) is 26.3 Å². The fourth-order valence-electron chi connectivity index (χ4n) is 0.998. The molecule has 0 saturated carbocycles. The fourth-order valence-corrected chi connectivity index (χ4v) is 2.18. The van der Waals surface area contributed by atoms with E-state index in [0.717, 1.165) is 16.9 Å². The van der Waals surface area contributed by atoms with Gasteiger partial charge in [0, 0.05) is 4.90 Å². The lowest BCUT2D eigenvalue weighted by atomic mass is 10.4. The van der Waals surface area contributed by atoms with Crippen molar-refractivity contribution in [2.24, 2.45) is 0 Å². The van der Waals surface area contributed by atoms with Gasteiger partial charge >= 0.3 is 5.97 Å². The van der Waals surface area contributed by atoms with Gasteiger partial charge in [-0.1, -0.05) is 24.3 Å². The van der Waals surface area contributed by atoms with E-state index in [4.69, 9.17) is 4.18 Å². The van der Waals surface area contributed by atoms with E-state index in [2.05, 4.69) is 0 Å². The first-order valence-electron chi connectivity index (χ1n) is 4.33. The van der Waals surface area contributed by atoms with E-state index in [1.54, 1.807) is 6.07 Å². The van der Waals surface area contributed by atoms with Crippen molar-refractivity contribution in [2.45, 2.75) is 4.90 Å². The van der Waals surface area contributed by atoms with Crippen molar-refractivity contribution in [3.8, 4) is 0 Å². The minimum Gasteiger partial charge on any atom is -0.382 e. The van der Waals surface area contributed by atoms with E-state index in [1.165, 1.54) is 11.3 Å². The normalized spacial score (nSPS) is 9.87. The Bertz CT molecular complexity index is 423. The van der Waals surface area contributed by atoms with Gasteiger partial charge in [0.05, 0.1) is 12.0 Å². The molecule has 0 radical (unpaired) electrons. The van der Waals surface area contributed by atoms with E-state index in [9.17, 15) is 4.79 Å². The molecule has 1 aromatic carbocycles. The zero-order chi connectivity index (χ0) is 10.5. The van der Waals surface area contributed by atoms with E-state index >= 15 is 0 Å². The van der Waals surface area contributed by atoms with Crippen molar-refractivity contribution < 1.29 is 8.98 Å². The Balaban J connectivity index is 1.92. The van der Waals surface area contributed by atoms with Crippen LogP contribution in [0.25, 0.3) is 0 Å². The number of hydrogen-bond acceptors (Lipinski definition) is 4. The Morgan fingerprint density at radius 2 is 1.93 bits per heavy atom. The summed E-state index contributed by atoms with van der Waals surface area (Å²) in [7, 11) is 0. The first kappa shape index (κ1) is 10.3. The molecule has 1 aromatic heterocycles. The molecule has 2 aromatic rings. The number of carbonyl (C=O) groups excluding carboxylic acids is 1. The van der Waals surface area contributed by atoms with Crippen molar-refractivity contribution in [3.05, 3.63) is 52.7 Å². The molecule has 0 atom stereocenters. The second kappa shape index (κ2) is 5.00. The quantitative estimate of drug-likeness (QED) is 0.761. The summed E-state index contributed by atoms with van der Waals surface area (Å²) in [6, 6.07) is 13.1. The lowest BCUT2D eigenvalue weighted by molar-refractivity contribution is 0.0773. The van der Waals surface area contributed by atoms with Gasteiger partial charge in [0.15, 0.2) is 0 Å². The first-order valence-corrected chi connectivity index (χ1v) is 5.96. The minimum atomic E-state index is -0.293. The number of rotatable bonds is 3. The Kier molecular flexibility index (Phi) is 3.42. The van der Waals surface area contributed by atoms with Crippen LogP contribution in [0.1, 0.15) is 9.67 Å². The molecule has 0 bridgehead atoms. The SMILES string of the molecule is O=C(OSc1ccccc1)c1cccs1. The highest BCUT2D eigenvalue weighted by Crippen LogP contribution is 2.21. The van der Waals surface area contributed by atoms with Gasteiger partial charge in [-0.05, 0) is 23.6 Å². The van der Waals surface area contributed by atoms with Crippen molar-refractivity contribution in [2.75, 3.05) is 0 Å². The van der Waals surface area contributed by atoms with Crippen LogP contribution in [0.4, 0.5) is 0 Å². The standard InChI is InChI=1S/C11H8O2S2/c12-11(10-7-4-8-14-10)13-15-9-5-2-1-3-6-9/h1-8H. The zero-order valence-electron chi connectivity index (χ0n) is 7.75. The molecule has 76 valence electrons. The highest BCUT2D eigenvalue weighted by atomic mass is 32.2. The molecule has 2 nitrogen and oxygen atoms in total. The Hall–Kier alpha value is -1.26. The highest BCUT2D eigenvalue weighted by molar-refractivity contribution is 7.95. The molecular weight excluding hydrogens is 228 g/mol. The van der Waals surface area contributed by atoms with Crippen LogP contribution < -0.4 is 0 Å². The summed E-state index contributed by atoms with van der Waals surface area (Å²) in [5.74, 6) is -0.293. The molecule has 0 aliphatic rings. The zero-order valence-corrected chi connectivity index (χ0v) is 9.38. The van der Waals surface area contributed by atoms with E-state index in [1.807, 2.05) is 41.8 Å². The molecule has 2 rings (SSSR count). The monoisotopic (exact) mass is 236 g/mol. The van der Waals surface area contributed by atoms with Crippen LogP contribution in [0.2, 0.25) is 0 Å². The van der Waals surface area contributed by atoms with Crippen LogP contribution in [-0.2, 0) is 4.18 Å². The molecule has 1 heterocycles. The van der Waals surface area contributed by atoms with E-state index < -0.39 is 0 Å². The smallest absolute Gasteiger partial charge is 0.360 e. The van der Waals surface area contributed by atoms with Crippen LogP contribution in [-0.4, -0.2) is 5.97 Å². The third kappa shape index (κ3) is 2.84. The fraction of sp³-hybridized carbons (Fsp3) is 0. The lowest BCUT2D eigenvalue weighted by Gasteiger charge is -1.99. The van der Waals surface area contributed by atoms with Crippen LogP contribution in [0, 0.1) is 0 Å². The summed E-state index contributed by atoms with van der Waals surface area (Å²) in [6.45, 7) is 0. The second-order valence-electron chi connectivity index (χ2n) is 2.74. The molecule has 0 amide bonds. The maximum atomic E-state index is 11.4. The summed E-state index contributed by atoms with van der Waals surface area (Å²) in [4.78, 5) is 13.0. The van der Waals surface area contributed by atoms with Gasteiger partial charge in [-0.15, -0.1) is 11.3 Å². The summed E-state index contributed by atoms with van der Waals surface area (Å²) < 4.78 is 5.06. The lowest BCUT2D eigenvalue weighted by Crippen LogP contribution is -1.95. The Morgan fingerprint density at radius 1 is 1.13 bits per heavy atom. The molecule has 0 unspecified atom stereocenters. The summed E-state index contributed by atoms with van der Waals surface area (Å²) in [5, 5.41) is 1.85. The summed E-state index contributed by atoms with van der Waals surface area (Å²) >= 11 is 2.46. The average Bonchev–Trinajstić information content (AvgIpc) is 2.81. The molecule has 0 N–H and O–H groups in total. The number of hydrogen-bond donors (Lipinski definition) is 0. The predicted octanol–water partition coefficient (Wildman–Crippen LogP) is 3.61. The second-order valence-corrected chi connectivity index (χ2v) is 4.50. The van der Waals surface area contributed by atoms with Gasteiger partial charge < -0.3 is 4.18 Å². The average molecular weight is 236 g/mol. The van der Waals surface area contributed by atoms with Crippen molar-refractivity contribution in [1.29, 1.82) is 0 Å². The molecule has 0 fully saturated rings. The molecule has 0 aliphatic carbocycles. The van der Waals surface area contributed by atoms with E-state index in [0.29, 0.717) is 4.88 Å². The van der Waals surface area contributed by atoms with Gasteiger partial charge in [-0.2, -0.15) is 0 Å². The predicted molar refractivity (Wildman–Crippen MR) is 62.0 cm³/mol. The maximum Gasteiger partial charge on any atom is 0.360 e. The molecule has 0 spiro atoms. The maximum absolute atomic E-state index is 11.4. The number of carbonyl (C=O) groups is 1. The molecule has 0 saturated heterocycles. The molecule has 0 aliphatic heterocycles.